The van der Waals surface area contributed by atoms with E-state index < -0.39 is 10.0 Å². The molecular weight excluding hydrogens is 448 g/mol. The molecule has 0 aliphatic carbocycles. The van der Waals surface area contributed by atoms with Gasteiger partial charge in [0.1, 0.15) is 0 Å². The van der Waals surface area contributed by atoms with Crippen molar-refractivity contribution in [3.63, 3.8) is 0 Å². The van der Waals surface area contributed by atoms with E-state index in [4.69, 9.17) is 0 Å². The number of carbonyl (C=O) groups is 1. The van der Waals surface area contributed by atoms with Gasteiger partial charge in [-0.2, -0.15) is 0 Å². The molecular formula is C26H32N4O3S. The Balaban J connectivity index is 1.11. The van der Waals surface area contributed by atoms with E-state index in [0.29, 0.717) is 6.54 Å². The van der Waals surface area contributed by atoms with Gasteiger partial charge in [-0.1, -0.05) is 48.5 Å². The molecule has 2 N–H and O–H groups in total. The number of nitrogens with one attached hydrogen (secondary N) is 2. The van der Waals surface area contributed by atoms with E-state index in [2.05, 4.69) is 44.1 Å². The van der Waals surface area contributed by atoms with Crippen molar-refractivity contribution >= 4 is 32.4 Å². The number of hydrogen-bond acceptors (Lipinski definition) is 5. The maximum Gasteiger partial charge on any atom is 0.240 e. The molecule has 0 unspecified atom stereocenters. The summed E-state index contributed by atoms with van der Waals surface area (Å²) >= 11 is 0. The predicted octanol–water partition coefficient (Wildman–Crippen LogP) is 2.84. The lowest BCUT2D eigenvalue weighted by molar-refractivity contribution is -0.120. The summed E-state index contributed by atoms with van der Waals surface area (Å²) < 4.78 is 27.6. The number of amides is 1. The van der Waals surface area contributed by atoms with Crippen LogP contribution in [0.4, 0.5) is 5.69 Å². The van der Waals surface area contributed by atoms with E-state index in [1.165, 1.54) is 5.69 Å². The fourth-order valence-corrected chi connectivity index (χ4v) is 5.27. The maximum atomic E-state index is 12.6. The third-order valence-electron chi connectivity index (χ3n) is 6.14. The molecule has 3 aromatic carbocycles. The lowest BCUT2D eigenvalue weighted by Crippen LogP contribution is -2.47. The number of hydrogen-bond donors (Lipinski definition) is 2. The van der Waals surface area contributed by atoms with Crippen molar-refractivity contribution in [1.82, 2.24) is 14.9 Å². The molecule has 1 heterocycles. The standard InChI is InChI=1S/C26H32N4O3S/c31-26(13-15-28-34(32,33)25-12-11-22-7-4-5-8-23(22)21-25)27-14-6-16-29-17-19-30(20-18-29)24-9-2-1-3-10-24/h1-5,7-12,21,28H,6,13-20H2,(H,27,31). The summed E-state index contributed by atoms with van der Waals surface area (Å²) in [5.74, 6) is -0.143. The smallest absolute Gasteiger partial charge is 0.240 e. The van der Waals surface area contributed by atoms with E-state index in [9.17, 15) is 13.2 Å². The van der Waals surface area contributed by atoms with Gasteiger partial charge < -0.3 is 10.2 Å². The lowest BCUT2D eigenvalue weighted by Gasteiger charge is -2.36. The monoisotopic (exact) mass is 480 g/mol. The summed E-state index contributed by atoms with van der Waals surface area (Å²) in [6, 6.07) is 23.1. The Hall–Kier alpha value is -2.94. The average Bonchev–Trinajstić information content (AvgIpc) is 2.87. The Morgan fingerprint density at radius 3 is 2.29 bits per heavy atom. The van der Waals surface area contributed by atoms with Crippen molar-refractivity contribution < 1.29 is 13.2 Å². The second-order valence-electron chi connectivity index (χ2n) is 8.52. The van der Waals surface area contributed by atoms with Crippen molar-refractivity contribution in [2.45, 2.75) is 17.7 Å². The number of benzene rings is 3. The molecule has 0 saturated carbocycles. The van der Waals surface area contributed by atoms with Crippen LogP contribution in [0.5, 0.6) is 0 Å². The zero-order valence-electron chi connectivity index (χ0n) is 19.3. The Bertz CT molecular complexity index is 1190. The predicted molar refractivity (Wildman–Crippen MR) is 136 cm³/mol. The Labute approximate surface area is 201 Å². The number of carbonyl (C=O) groups excluding carboxylic acids is 1. The number of rotatable bonds is 10. The molecule has 0 bridgehead atoms. The van der Waals surface area contributed by atoms with Crippen molar-refractivity contribution in [1.29, 1.82) is 0 Å². The highest BCUT2D eigenvalue weighted by molar-refractivity contribution is 7.89. The average molecular weight is 481 g/mol. The van der Waals surface area contributed by atoms with Gasteiger partial charge in [-0.05, 0) is 48.0 Å². The summed E-state index contributed by atoms with van der Waals surface area (Å²) in [7, 11) is -3.65. The minimum atomic E-state index is -3.65. The molecule has 1 fully saturated rings. The first-order chi connectivity index (χ1) is 16.5. The first-order valence-corrected chi connectivity index (χ1v) is 13.3. The van der Waals surface area contributed by atoms with Gasteiger partial charge >= 0.3 is 0 Å². The first kappa shape index (κ1) is 24.2. The Morgan fingerprint density at radius 1 is 0.824 bits per heavy atom. The summed E-state index contributed by atoms with van der Waals surface area (Å²) in [6.07, 6.45) is 0.989. The van der Waals surface area contributed by atoms with Crippen LogP contribution in [-0.4, -0.2) is 65.0 Å². The number of fused-ring (bicyclic) bond motifs is 1. The molecule has 1 saturated heterocycles. The van der Waals surface area contributed by atoms with Crippen LogP contribution in [0, 0.1) is 0 Å². The summed E-state index contributed by atoms with van der Waals surface area (Å²) in [5.41, 5.74) is 1.27. The van der Waals surface area contributed by atoms with Gasteiger partial charge in [0.2, 0.25) is 15.9 Å². The fourth-order valence-electron chi connectivity index (χ4n) is 4.20. The van der Waals surface area contributed by atoms with E-state index in [1.807, 2.05) is 30.3 Å². The summed E-state index contributed by atoms with van der Waals surface area (Å²) in [5, 5.41) is 4.75. The first-order valence-electron chi connectivity index (χ1n) is 11.8. The van der Waals surface area contributed by atoms with E-state index in [1.54, 1.807) is 18.2 Å². The van der Waals surface area contributed by atoms with Gasteiger partial charge in [-0.3, -0.25) is 9.69 Å². The molecule has 180 valence electrons. The molecule has 0 spiro atoms. The SMILES string of the molecule is O=C(CCNS(=O)(=O)c1ccc2ccccc2c1)NCCCN1CCN(c2ccccc2)CC1. The molecule has 1 aliphatic heterocycles. The van der Waals surface area contributed by atoms with Gasteiger partial charge in [-0.15, -0.1) is 0 Å². The minimum Gasteiger partial charge on any atom is -0.369 e. The van der Waals surface area contributed by atoms with Gasteiger partial charge in [0.05, 0.1) is 4.90 Å². The molecule has 0 aromatic heterocycles. The highest BCUT2D eigenvalue weighted by Crippen LogP contribution is 2.19. The van der Waals surface area contributed by atoms with Crippen molar-refractivity contribution in [2.75, 3.05) is 50.7 Å². The number of piperazine rings is 1. The second-order valence-corrected chi connectivity index (χ2v) is 10.3. The van der Waals surface area contributed by atoms with Crippen LogP contribution in [0.15, 0.2) is 77.7 Å². The van der Waals surface area contributed by atoms with Crippen LogP contribution in [0.25, 0.3) is 10.8 Å². The van der Waals surface area contributed by atoms with Crippen LogP contribution in [0.2, 0.25) is 0 Å². The van der Waals surface area contributed by atoms with Crippen molar-refractivity contribution in [2.24, 2.45) is 0 Å². The summed E-state index contributed by atoms with van der Waals surface area (Å²) in [4.78, 5) is 17.2. The van der Waals surface area contributed by atoms with Gasteiger partial charge in [-0.25, -0.2) is 13.1 Å². The van der Waals surface area contributed by atoms with Crippen molar-refractivity contribution in [3.05, 3.63) is 72.8 Å². The molecule has 34 heavy (non-hydrogen) atoms. The number of anilines is 1. The number of nitrogens with zero attached hydrogens (tertiary/aromatic N) is 2. The molecule has 7 nitrogen and oxygen atoms in total. The highest BCUT2D eigenvalue weighted by Gasteiger charge is 2.17. The topological polar surface area (TPSA) is 81.7 Å². The number of para-hydroxylation sites is 1. The normalized spacial score (nSPS) is 14.9. The molecule has 0 radical (unpaired) electrons. The Morgan fingerprint density at radius 2 is 1.53 bits per heavy atom. The van der Waals surface area contributed by atoms with E-state index in [0.717, 1.165) is 49.9 Å². The molecule has 3 aromatic rings. The Kier molecular flexibility index (Phi) is 8.16. The second kappa shape index (κ2) is 11.5. The zero-order chi connectivity index (χ0) is 23.8. The molecule has 4 rings (SSSR count). The lowest BCUT2D eigenvalue weighted by atomic mass is 10.1. The molecule has 1 aliphatic rings. The van der Waals surface area contributed by atoms with Crippen LogP contribution < -0.4 is 14.9 Å². The summed E-state index contributed by atoms with van der Waals surface area (Å²) in [6.45, 7) is 5.65. The van der Waals surface area contributed by atoms with E-state index in [-0.39, 0.29) is 23.8 Å². The number of sulfonamides is 1. The third-order valence-corrected chi connectivity index (χ3v) is 7.60. The fraction of sp³-hybridized carbons (Fsp3) is 0.346. The largest absolute Gasteiger partial charge is 0.369 e. The van der Waals surface area contributed by atoms with E-state index >= 15 is 0 Å². The molecule has 0 atom stereocenters. The van der Waals surface area contributed by atoms with Crippen LogP contribution in [-0.2, 0) is 14.8 Å². The maximum absolute atomic E-state index is 12.6. The molecule has 1 amide bonds. The minimum absolute atomic E-state index is 0.0719. The quantitative estimate of drug-likeness (QED) is 0.436. The van der Waals surface area contributed by atoms with Crippen molar-refractivity contribution in [3.8, 4) is 0 Å². The van der Waals surface area contributed by atoms with Gasteiger partial charge in [0, 0.05) is 51.4 Å². The van der Waals surface area contributed by atoms with Gasteiger partial charge in [0.25, 0.3) is 0 Å². The van der Waals surface area contributed by atoms with Crippen LogP contribution in [0.3, 0.4) is 0 Å². The van der Waals surface area contributed by atoms with Crippen LogP contribution in [0.1, 0.15) is 12.8 Å². The highest BCUT2D eigenvalue weighted by atomic mass is 32.2. The van der Waals surface area contributed by atoms with Crippen LogP contribution >= 0.6 is 0 Å². The molecule has 8 heteroatoms. The third kappa shape index (κ3) is 6.56. The van der Waals surface area contributed by atoms with Gasteiger partial charge in [0.15, 0.2) is 0 Å². The zero-order valence-corrected chi connectivity index (χ0v) is 20.1.